The normalized spacial score (nSPS) is 15.0. The van der Waals surface area contributed by atoms with Crippen molar-refractivity contribution in [3.8, 4) is 0 Å². The Morgan fingerprint density at radius 1 is 1.21 bits per heavy atom. The summed E-state index contributed by atoms with van der Waals surface area (Å²) in [7, 11) is -0.627. The van der Waals surface area contributed by atoms with E-state index in [4.69, 9.17) is 0 Å². The Morgan fingerprint density at radius 3 is 2.45 bits per heavy atom. The van der Waals surface area contributed by atoms with Crippen molar-refractivity contribution < 1.29 is 13.2 Å². The standard InChI is InChI=1S/C20H26N4O4S/c1-23(2)29(27,28)17-9-7-16(8-10-17)20(26)21-11-12-24-14-22-18(13-19(24)25)15-5-3-4-6-15/h7-10,13-15H,3-6,11-12H2,1-2H3,(H,21,26). The maximum absolute atomic E-state index is 12.3. The summed E-state index contributed by atoms with van der Waals surface area (Å²) in [4.78, 5) is 29.1. The van der Waals surface area contributed by atoms with Crippen LogP contribution in [0.3, 0.4) is 0 Å². The lowest BCUT2D eigenvalue weighted by molar-refractivity contribution is 0.0952. The molecule has 1 amide bonds. The summed E-state index contributed by atoms with van der Waals surface area (Å²) in [5.41, 5.74) is 1.10. The van der Waals surface area contributed by atoms with Crippen LogP contribution in [0.1, 0.15) is 47.7 Å². The van der Waals surface area contributed by atoms with E-state index in [0.29, 0.717) is 18.0 Å². The molecule has 2 aromatic rings. The van der Waals surface area contributed by atoms with Crippen LogP contribution in [0, 0.1) is 0 Å². The van der Waals surface area contributed by atoms with E-state index in [-0.39, 0.29) is 22.9 Å². The number of sulfonamides is 1. The molecule has 0 saturated heterocycles. The van der Waals surface area contributed by atoms with Gasteiger partial charge >= 0.3 is 0 Å². The first kappa shape index (κ1) is 21.2. The van der Waals surface area contributed by atoms with E-state index in [1.54, 1.807) is 12.4 Å². The Hall–Kier alpha value is -2.52. The van der Waals surface area contributed by atoms with E-state index < -0.39 is 10.0 Å². The van der Waals surface area contributed by atoms with Gasteiger partial charge in [0.1, 0.15) is 0 Å². The number of benzene rings is 1. The molecule has 1 aliphatic carbocycles. The first-order valence-electron chi connectivity index (χ1n) is 9.66. The predicted molar refractivity (Wildman–Crippen MR) is 109 cm³/mol. The Balaban J connectivity index is 1.56. The van der Waals surface area contributed by atoms with Crippen molar-refractivity contribution >= 4 is 15.9 Å². The number of rotatable bonds is 7. The lowest BCUT2D eigenvalue weighted by Crippen LogP contribution is -2.31. The van der Waals surface area contributed by atoms with Gasteiger partial charge in [0.05, 0.1) is 16.9 Å². The fraction of sp³-hybridized carbons (Fsp3) is 0.450. The molecule has 1 saturated carbocycles. The molecule has 0 atom stereocenters. The van der Waals surface area contributed by atoms with E-state index in [0.717, 1.165) is 22.8 Å². The highest BCUT2D eigenvalue weighted by molar-refractivity contribution is 7.89. The van der Waals surface area contributed by atoms with Gasteiger partial charge in [0.25, 0.3) is 11.5 Å². The third kappa shape index (κ3) is 4.91. The lowest BCUT2D eigenvalue weighted by Gasteiger charge is -2.12. The quantitative estimate of drug-likeness (QED) is 0.736. The third-order valence-electron chi connectivity index (χ3n) is 5.21. The van der Waals surface area contributed by atoms with Gasteiger partial charge in [-0.3, -0.25) is 14.2 Å². The third-order valence-corrected chi connectivity index (χ3v) is 7.04. The van der Waals surface area contributed by atoms with Crippen LogP contribution < -0.4 is 10.9 Å². The van der Waals surface area contributed by atoms with Crippen LogP contribution in [0.15, 0.2) is 46.3 Å². The number of carbonyl (C=O) groups excluding carboxylic acids is 1. The number of carbonyl (C=O) groups is 1. The second-order valence-electron chi connectivity index (χ2n) is 7.39. The number of hydrogen-bond acceptors (Lipinski definition) is 5. The molecule has 156 valence electrons. The fourth-order valence-corrected chi connectivity index (χ4v) is 4.34. The van der Waals surface area contributed by atoms with Crippen molar-refractivity contribution in [2.75, 3.05) is 20.6 Å². The van der Waals surface area contributed by atoms with Gasteiger partial charge in [0.2, 0.25) is 10.0 Å². The molecule has 1 aromatic carbocycles. The van der Waals surface area contributed by atoms with Gasteiger partial charge in [-0.05, 0) is 37.1 Å². The Bertz CT molecular complexity index is 1020. The number of aromatic nitrogens is 2. The minimum absolute atomic E-state index is 0.116. The van der Waals surface area contributed by atoms with Crippen molar-refractivity contribution in [2.24, 2.45) is 0 Å². The molecule has 0 bridgehead atoms. The summed E-state index contributed by atoms with van der Waals surface area (Å²) in [6, 6.07) is 7.34. The maximum atomic E-state index is 12.3. The molecule has 0 aliphatic heterocycles. The molecular weight excluding hydrogens is 392 g/mol. The second-order valence-corrected chi connectivity index (χ2v) is 9.55. The first-order valence-corrected chi connectivity index (χ1v) is 11.1. The van der Waals surface area contributed by atoms with Crippen molar-refractivity contribution in [3.63, 3.8) is 0 Å². The van der Waals surface area contributed by atoms with Crippen molar-refractivity contribution in [2.45, 2.75) is 43.0 Å². The van der Waals surface area contributed by atoms with Crippen LogP contribution in [0.4, 0.5) is 0 Å². The maximum Gasteiger partial charge on any atom is 0.253 e. The predicted octanol–water partition coefficient (Wildman–Crippen LogP) is 1.58. The van der Waals surface area contributed by atoms with Crippen molar-refractivity contribution in [3.05, 3.63) is 58.3 Å². The molecule has 8 nitrogen and oxygen atoms in total. The molecule has 1 N–H and O–H groups in total. The Labute approximate surface area is 170 Å². The molecule has 1 fully saturated rings. The van der Waals surface area contributed by atoms with E-state index in [1.165, 1.54) is 55.8 Å². The molecule has 29 heavy (non-hydrogen) atoms. The zero-order valence-electron chi connectivity index (χ0n) is 16.7. The van der Waals surface area contributed by atoms with Crippen LogP contribution in [-0.4, -0.2) is 48.8 Å². The fourth-order valence-electron chi connectivity index (χ4n) is 3.43. The number of hydrogen-bond donors (Lipinski definition) is 1. The number of nitrogens with zero attached hydrogens (tertiary/aromatic N) is 3. The van der Waals surface area contributed by atoms with E-state index in [9.17, 15) is 18.0 Å². The highest BCUT2D eigenvalue weighted by atomic mass is 32.2. The topological polar surface area (TPSA) is 101 Å². The van der Waals surface area contributed by atoms with Crippen molar-refractivity contribution in [1.82, 2.24) is 19.2 Å². The molecule has 1 heterocycles. The molecule has 3 rings (SSSR count). The zero-order chi connectivity index (χ0) is 21.0. The molecule has 0 radical (unpaired) electrons. The highest BCUT2D eigenvalue weighted by Crippen LogP contribution is 2.32. The molecule has 0 spiro atoms. The summed E-state index contributed by atoms with van der Waals surface area (Å²) in [6.45, 7) is 0.580. The van der Waals surface area contributed by atoms with E-state index in [2.05, 4.69) is 10.3 Å². The van der Waals surface area contributed by atoms with E-state index >= 15 is 0 Å². The minimum atomic E-state index is -3.53. The smallest absolute Gasteiger partial charge is 0.253 e. The molecule has 1 aromatic heterocycles. The average molecular weight is 419 g/mol. The van der Waals surface area contributed by atoms with Crippen LogP contribution in [-0.2, 0) is 16.6 Å². The van der Waals surface area contributed by atoms with Gasteiger partial charge in [-0.15, -0.1) is 0 Å². The van der Waals surface area contributed by atoms with E-state index in [1.807, 2.05) is 0 Å². The summed E-state index contributed by atoms with van der Waals surface area (Å²) < 4.78 is 26.7. The molecule has 1 aliphatic rings. The van der Waals surface area contributed by atoms with Crippen LogP contribution in [0.2, 0.25) is 0 Å². The molecular formula is C20H26N4O4S. The SMILES string of the molecule is CN(C)S(=O)(=O)c1ccc(C(=O)NCCn2cnc(C3CCCC3)cc2=O)cc1. The Kier molecular flexibility index (Phi) is 6.49. The van der Waals surface area contributed by atoms with Gasteiger partial charge in [-0.25, -0.2) is 17.7 Å². The highest BCUT2D eigenvalue weighted by Gasteiger charge is 2.19. The Morgan fingerprint density at radius 2 is 1.86 bits per heavy atom. The van der Waals surface area contributed by atoms with Gasteiger partial charge in [0.15, 0.2) is 0 Å². The van der Waals surface area contributed by atoms with Gasteiger partial charge in [-0.1, -0.05) is 12.8 Å². The monoisotopic (exact) mass is 418 g/mol. The van der Waals surface area contributed by atoms with Gasteiger partial charge < -0.3 is 5.32 Å². The number of amides is 1. The van der Waals surface area contributed by atoms with Gasteiger partial charge in [-0.2, -0.15) is 0 Å². The first-order chi connectivity index (χ1) is 13.8. The zero-order valence-corrected chi connectivity index (χ0v) is 17.5. The molecule has 0 unspecified atom stereocenters. The van der Waals surface area contributed by atoms with Crippen molar-refractivity contribution in [1.29, 1.82) is 0 Å². The van der Waals surface area contributed by atoms with Gasteiger partial charge in [0, 0.05) is 44.7 Å². The summed E-state index contributed by atoms with van der Waals surface area (Å²) in [5.74, 6) is 0.0544. The largest absolute Gasteiger partial charge is 0.350 e. The summed E-state index contributed by atoms with van der Waals surface area (Å²) >= 11 is 0. The van der Waals surface area contributed by atoms with Crippen LogP contribution in [0.25, 0.3) is 0 Å². The van der Waals surface area contributed by atoms with Crippen LogP contribution in [0.5, 0.6) is 0 Å². The minimum Gasteiger partial charge on any atom is -0.350 e. The summed E-state index contributed by atoms with van der Waals surface area (Å²) in [5, 5.41) is 2.74. The summed E-state index contributed by atoms with van der Waals surface area (Å²) in [6.07, 6.45) is 6.08. The average Bonchev–Trinajstić information content (AvgIpc) is 3.24. The second kappa shape index (κ2) is 8.87. The lowest BCUT2D eigenvalue weighted by atomic mass is 10.0. The van der Waals surface area contributed by atoms with Crippen LogP contribution >= 0.6 is 0 Å². The molecule has 9 heteroatoms. The number of nitrogens with one attached hydrogen (secondary N) is 1.